The Morgan fingerprint density at radius 3 is 2.95 bits per heavy atom. The zero-order valence-electron chi connectivity index (χ0n) is 10.3. The van der Waals surface area contributed by atoms with Crippen LogP contribution in [0.5, 0.6) is 0 Å². The predicted molar refractivity (Wildman–Crippen MR) is 73.3 cm³/mol. The summed E-state index contributed by atoms with van der Waals surface area (Å²) in [6.07, 6.45) is 1.21. The molecule has 19 heavy (non-hydrogen) atoms. The lowest BCUT2D eigenvalue weighted by Crippen LogP contribution is -2.10. The smallest absolute Gasteiger partial charge is 0.226 e. The van der Waals surface area contributed by atoms with Gasteiger partial charge in [-0.15, -0.1) is 10.2 Å². The number of carbonyl (C=O) groups is 1. The number of amides is 1. The van der Waals surface area contributed by atoms with Gasteiger partial charge in [-0.3, -0.25) is 4.79 Å². The van der Waals surface area contributed by atoms with Gasteiger partial charge in [0.2, 0.25) is 11.0 Å². The second-order valence-corrected chi connectivity index (χ2v) is 4.92. The zero-order chi connectivity index (χ0) is 13.8. The lowest BCUT2D eigenvalue weighted by molar-refractivity contribution is -0.116. The van der Waals surface area contributed by atoms with Crippen LogP contribution < -0.4 is 11.1 Å². The standard InChI is InChI=1S/C12H13FN4OS/c1-2-3-10(18)15-12-17-16-11(19-12)7-4-5-8(13)9(14)6-7/h4-6H,2-3,14H2,1H3,(H,15,17,18). The third kappa shape index (κ3) is 3.25. The quantitative estimate of drug-likeness (QED) is 0.844. The van der Waals surface area contributed by atoms with Crippen molar-refractivity contribution in [1.29, 1.82) is 0 Å². The van der Waals surface area contributed by atoms with Crippen LogP contribution in [0.15, 0.2) is 18.2 Å². The van der Waals surface area contributed by atoms with Crippen molar-refractivity contribution in [2.24, 2.45) is 0 Å². The van der Waals surface area contributed by atoms with Crippen LogP contribution in [0, 0.1) is 5.82 Å². The zero-order valence-corrected chi connectivity index (χ0v) is 11.1. The normalized spacial score (nSPS) is 10.4. The summed E-state index contributed by atoms with van der Waals surface area (Å²) in [7, 11) is 0. The van der Waals surface area contributed by atoms with E-state index in [-0.39, 0.29) is 11.6 Å². The molecule has 0 atom stereocenters. The Labute approximate surface area is 113 Å². The van der Waals surface area contributed by atoms with Gasteiger partial charge in [0.1, 0.15) is 10.8 Å². The Morgan fingerprint density at radius 1 is 1.47 bits per heavy atom. The van der Waals surface area contributed by atoms with E-state index in [1.54, 1.807) is 6.07 Å². The fourth-order valence-corrected chi connectivity index (χ4v) is 2.23. The van der Waals surface area contributed by atoms with Crippen molar-refractivity contribution in [3.8, 4) is 10.6 Å². The second kappa shape index (κ2) is 5.75. The van der Waals surface area contributed by atoms with E-state index in [4.69, 9.17) is 5.73 Å². The minimum atomic E-state index is -0.468. The molecule has 0 saturated heterocycles. The Hall–Kier alpha value is -2.02. The van der Waals surface area contributed by atoms with Gasteiger partial charge in [0.15, 0.2) is 0 Å². The van der Waals surface area contributed by atoms with Gasteiger partial charge in [-0.2, -0.15) is 0 Å². The maximum Gasteiger partial charge on any atom is 0.226 e. The first-order valence-corrected chi connectivity index (χ1v) is 6.60. The lowest BCUT2D eigenvalue weighted by Gasteiger charge is -1.99. The van der Waals surface area contributed by atoms with E-state index in [2.05, 4.69) is 15.5 Å². The van der Waals surface area contributed by atoms with Crippen molar-refractivity contribution in [2.75, 3.05) is 11.1 Å². The van der Waals surface area contributed by atoms with Gasteiger partial charge in [-0.05, 0) is 24.6 Å². The Kier molecular flexibility index (Phi) is 4.06. The number of aromatic nitrogens is 2. The number of nitrogen functional groups attached to an aromatic ring is 1. The number of hydrogen-bond donors (Lipinski definition) is 2. The number of carbonyl (C=O) groups excluding carboxylic acids is 1. The summed E-state index contributed by atoms with van der Waals surface area (Å²) in [6.45, 7) is 1.92. The molecule has 1 amide bonds. The van der Waals surface area contributed by atoms with Crippen molar-refractivity contribution in [3.05, 3.63) is 24.0 Å². The van der Waals surface area contributed by atoms with E-state index < -0.39 is 5.82 Å². The number of anilines is 2. The molecule has 0 fully saturated rings. The minimum absolute atomic E-state index is 0.0595. The summed E-state index contributed by atoms with van der Waals surface area (Å²) >= 11 is 1.22. The Morgan fingerprint density at radius 2 is 2.26 bits per heavy atom. The highest BCUT2D eigenvalue weighted by Crippen LogP contribution is 2.28. The maximum absolute atomic E-state index is 13.1. The van der Waals surface area contributed by atoms with Crippen molar-refractivity contribution < 1.29 is 9.18 Å². The van der Waals surface area contributed by atoms with Gasteiger partial charge < -0.3 is 11.1 Å². The van der Waals surface area contributed by atoms with E-state index in [0.717, 1.165) is 6.42 Å². The third-order valence-corrected chi connectivity index (χ3v) is 3.28. The number of hydrogen-bond acceptors (Lipinski definition) is 5. The third-order valence-electron chi connectivity index (χ3n) is 2.39. The molecule has 0 aliphatic heterocycles. The SMILES string of the molecule is CCCC(=O)Nc1nnc(-c2ccc(F)c(N)c2)s1. The van der Waals surface area contributed by atoms with E-state index >= 15 is 0 Å². The molecule has 2 rings (SSSR count). The first-order valence-electron chi connectivity index (χ1n) is 5.79. The van der Waals surface area contributed by atoms with Crippen LogP contribution in [0.3, 0.4) is 0 Å². The van der Waals surface area contributed by atoms with Crippen LogP contribution in [0.2, 0.25) is 0 Å². The van der Waals surface area contributed by atoms with Gasteiger partial charge in [0.25, 0.3) is 0 Å². The van der Waals surface area contributed by atoms with Crippen LogP contribution in [0.25, 0.3) is 10.6 Å². The minimum Gasteiger partial charge on any atom is -0.396 e. The van der Waals surface area contributed by atoms with Crippen LogP contribution >= 0.6 is 11.3 Å². The molecule has 0 spiro atoms. The summed E-state index contributed by atoms with van der Waals surface area (Å²) in [5.74, 6) is -0.562. The van der Waals surface area contributed by atoms with E-state index in [1.165, 1.54) is 23.5 Å². The maximum atomic E-state index is 13.1. The second-order valence-electron chi connectivity index (χ2n) is 3.95. The highest BCUT2D eigenvalue weighted by molar-refractivity contribution is 7.18. The molecule has 5 nitrogen and oxygen atoms in total. The molecule has 3 N–H and O–H groups in total. The van der Waals surface area contributed by atoms with Crippen molar-refractivity contribution >= 4 is 28.1 Å². The number of nitrogens with zero attached hydrogens (tertiary/aromatic N) is 2. The molecule has 1 aromatic carbocycles. The van der Waals surface area contributed by atoms with Crippen LogP contribution in [-0.4, -0.2) is 16.1 Å². The molecule has 2 aromatic rings. The molecule has 100 valence electrons. The fourth-order valence-electron chi connectivity index (χ4n) is 1.48. The molecule has 0 aliphatic carbocycles. The summed E-state index contributed by atoms with van der Waals surface area (Å²) in [6, 6.07) is 4.35. The van der Waals surface area contributed by atoms with Gasteiger partial charge in [-0.25, -0.2) is 4.39 Å². The van der Waals surface area contributed by atoms with E-state index in [1.807, 2.05) is 6.92 Å². The molecular formula is C12H13FN4OS. The van der Waals surface area contributed by atoms with E-state index in [0.29, 0.717) is 22.1 Å². The molecule has 1 heterocycles. The highest BCUT2D eigenvalue weighted by Gasteiger charge is 2.10. The summed E-state index contributed by atoms with van der Waals surface area (Å²) in [5, 5.41) is 11.5. The average Bonchev–Trinajstić information content (AvgIpc) is 2.81. The number of halogens is 1. The number of nitrogens with one attached hydrogen (secondary N) is 1. The van der Waals surface area contributed by atoms with Gasteiger partial charge in [-0.1, -0.05) is 18.3 Å². The first-order chi connectivity index (χ1) is 9.10. The van der Waals surface area contributed by atoms with Crippen LogP contribution in [0.4, 0.5) is 15.2 Å². The topological polar surface area (TPSA) is 80.9 Å². The molecule has 0 unspecified atom stereocenters. The Balaban J connectivity index is 2.16. The molecule has 0 aliphatic rings. The number of benzene rings is 1. The van der Waals surface area contributed by atoms with Gasteiger partial charge in [0.05, 0.1) is 5.69 Å². The largest absolute Gasteiger partial charge is 0.396 e. The van der Waals surface area contributed by atoms with Crippen LogP contribution in [-0.2, 0) is 4.79 Å². The molecule has 1 aromatic heterocycles. The van der Waals surface area contributed by atoms with Gasteiger partial charge >= 0.3 is 0 Å². The molecule has 0 bridgehead atoms. The monoisotopic (exact) mass is 280 g/mol. The van der Waals surface area contributed by atoms with E-state index in [9.17, 15) is 9.18 Å². The van der Waals surface area contributed by atoms with Crippen molar-refractivity contribution in [3.63, 3.8) is 0 Å². The number of nitrogens with two attached hydrogens (primary N) is 1. The highest BCUT2D eigenvalue weighted by atomic mass is 32.1. The average molecular weight is 280 g/mol. The Bertz CT molecular complexity index is 599. The molecule has 0 radical (unpaired) electrons. The predicted octanol–water partition coefficient (Wildman–Crippen LogP) is 2.67. The summed E-state index contributed by atoms with van der Waals surface area (Å²) in [5.41, 5.74) is 6.23. The molecule has 0 saturated carbocycles. The summed E-state index contributed by atoms with van der Waals surface area (Å²) < 4.78 is 13.1. The molecule has 7 heteroatoms. The molecular weight excluding hydrogens is 267 g/mol. The fraction of sp³-hybridized carbons (Fsp3) is 0.250. The van der Waals surface area contributed by atoms with Gasteiger partial charge in [0, 0.05) is 12.0 Å². The number of rotatable bonds is 4. The van der Waals surface area contributed by atoms with Crippen LogP contribution in [0.1, 0.15) is 19.8 Å². The van der Waals surface area contributed by atoms with Crippen molar-refractivity contribution in [2.45, 2.75) is 19.8 Å². The first kappa shape index (κ1) is 13.4. The van der Waals surface area contributed by atoms with Crippen molar-refractivity contribution in [1.82, 2.24) is 10.2 Å². The summed E-state index contributed by atoms with van der Waals surface area (Å²) in [4.78, 5) is 11.4. The lowest BCUT2D eigenvalue weighted by atomic mass is 10.2.